The Morgan fingerprint density at radius 2 is 1.75 bits per heavy atom. The Balaban J connectivity index is 1.93. The maximum absolute atomic E-state index is 12.1. The van der Waals surface area contributed by atoms with Crippen molar-refractivity contribution in [2.24, 2.45) is 5.92 Å². The van der Waals surface area contributed by atoms with Crippen molar-refractivity contribution in [2.45, 2.75) is 51.0 Å². The average Bonchev–Trinajstić information content (AvgIpc) is 2.54. The number of alkyl halides is 3. The minimum atomic E-state index is -4.65. The molecular formula is C15H19F3O2. The molecule has 5 heteroatoms. The zero-order valence-electron chi connectivity index (χ0n) is 11.2. The first kappa shape index (κ1) is 15.2. The highest BCUT2D eigenvalue weighted by atomic mass is 19.4. The largest absolute Gasteiger partial charge is 0.573 e. The van der Waals surface area contributed by atoms with Gasteiger partial charge in [-0.25, -0.2) is 0 Å². The van der Waals surface area contributed by atoms with Crippen molar-refractivity contribution < 1.29 is 23.0 Å². The van der Waals surface area contributed by atoms with Gasteiger partial charge in [0.25, 0.3) is 0 Å². The van der Waals surface area contributed by atoms with E-state index in [4.69, 9.17) is 0 Å². The molecule has 1 saturated carbocycles. The third-order valence-electron chi connectivity index (χ3n) is 3.69. The SMILES string of the molecule is OC1CCCCC(Cc2ccc(OC(F)(F)F)cc2)C1. The second-order valence-corrected chi connectivity index (χ2v) is 5.44. The van der Waals surface area contributed by atoms with Gasteiger partial charge in [0.15, 0.2) is 0 Å². The number of hydrogen-bond donors (Lipinski definition) is 1. The molecule has 0 amide bonds. The minimum absolute atomic E-state index is 0.192. The van der Waals surface area contributed by atoms with Gasteiger partial charge in [0.1, 0.15) is 5.75 Å². The molecule has 1 aliphatic rings. The van der Waals surface area contributed by atoms with Gasteiger partial charge >= 0.3 is 6.36 Å². The number of ether oxygens (including phenoxy) is 1. The molecule has 0 spiro atoms. The molecule has 1 fully saturated rings. The number of benzene rings is 1. The van der Waals surface area contributed by atoms with Crippen molar-refractivity contribution in [1.82, 2.24) is 0 Å². The van der Waals surface area contributed by atoms with Crippen LogP contribution in [0.5, 0.6) is 5.75 Å². The van der Waals surface area contributed by atoms with E-state index in [0.29, 0.717) is 5.92 Å². The van der Waals surface area contributed by atoms with Crippen LogP contribution in [0.15, 0.2) is 24.3 Å². The van der Waals surface area contributed by atoms with Gasteiger partial charge in [-0.15, -0.1) is 13.2 Å². The van der Waals surface area contributed by atoms with E-state index in [-0.39, 0.29) is 11.9 Å². The Hall–Kier alpha value is -1.23. The van der Waals surface area contributed by atoms with Gasteiger partial charge in [-0.05, 0) is 42.9 Å². The van der Waals surface area contributed by atoms with Gasteiger partial charge < -0.3 is 9.84 Å². The Kier molecular flexibility index (Phi) is 4.91. The van der Waals surface area contributed by atoms with E-state index in [1.807, 2.05) is 0 Å². The second kappa shape index (κ2) is 6.48. The number of halogens is 3. The van der Waals surface area contributed by atoms with Crippen molar-refractivity contribution in [3.63, 3.8) is 0 Å². The highest BCUT2D eigenvalue weighted by molar-refractivity contribution is 5.27. The molecule has 0 aromatic heterocycles. The van der Waals surface area contributed by atoms with Gasteiger partial charge in [-0.3, -0.25) is 0 Å². The quantitative estimate of drug-likeness (QED) is 0.850. The van der Waals surface area contributed by atoms with Crippen molar-refractivity contribution in [3.8, 4) is 5.75 Å². The second-order valence-electron chi connectivity index (χ2n) is 5.44. The molecule has 2 atom stereocenters. The first-order chi connectivity index (χ1) is 9.42. The number of aliphatic hydroxyl groups excluding tert-OH is 1. The summed E-state index contributed by atoms with van der Waals surface area (Å²) in [4.78, 5) is 0. The lowest BCUT2D eigenvalue weighted by Gasteiger charge is -2.16. The van der Waals surface area contributed by atoms with Crippen LogP contribution < -0.4 is 4.74 Å². The molecule has 1 aliphatic carbocycles. The predicted molar refractivity (Wildman–Crippen MR) is 69.4 cm³/mol. The Morgan fingerprint density at radius 1 is 1.10 bits per heavy atom. The molecule has 1 N–H and O–H groups in total. The highest BCUT2D eigenvalue weighted by Gasteiger charge is 2.31. The van der Waals surface area contributed by atoms with Crippen LogP contribution in [-0.2, 0) is 6.42 Å². The normalized spacial score (nSPS) is 24.2. The van der Waals surface area contributed by atoms with Crippen LogP contribution >= 0.6 is 0 Å². The molecule has 0 heterocycles. The van der Waals surface area contributed by atoms with Gasteiger partial charge in [0, 0.05) is 0 Å². The first-order valence-corrected chi connectivity index (χ1v) is 6.95. The molecule has 2 nitrogen and oxygen atoms in total. The monoisotopic (exact) mass is 288 g/mol. The maximum Gasteiger partial charge on any atom is 0.573 e. The maximum atomic E-state index is 12.1. The van der Waals surface area contributed by atoms with E-state index in [1.54, 1.807) is 12.1 Å². The summed E-state index contributed by atoms with van der Waals surface area (Å²) in [7, 11) is 0. The fraction of sp³-hybridized carbons (Fsp3) is 0.600. The molecule has 0 saturated heterocycles. The molecule has 112 valence electrons. The molecule has 2 unspecified atom stereocenters. The topological polar surface area (TPSA) is 29.5 Å². The van der Waals surface area contributed by atoms with Crippen LogP contribution in [0.4, 0.5) is 13.2 Å². The fourth-order valence-electron chi connectivity index (χ4n) is 2.78. The Labute approximate surface area is 116 Å². The Bertz CT molecular complexity index is 414. The van der Waals surface area contributed by atoms with Crippen LogP contribution in [-0.4, -0.2) is 17.6 Å². The van der Waals surface area contributed by atoms with Crippen LogP contribution in [0.1, 0.15) is 37.7 Å². The first-order valence-electron chi connectivity index (χ1n) is 6.95. The lowest BCUT2D eigenvalue weighted by molar-refractivity contribution is -0.274. The number of rotatable bonds is 3. The third kappa shape index (κ3) is 5.04. The van der Waals surface area contributed by atoms with Crippen molar-refractivity contribution in [2.75, 3.05) is 0 Å². The molecule has 2 rings (SSSR count). The lowest BCUT2D eigenvalue weighted by atomic mass is 9.92. The molecule has 0 bridgehead atoms. The molecule has 20 heavy (non-hydrogen) atoms. The molecule has 1 aromatic rings. The van der Waals surface area contributed by atoms with Crippen LogP contribution in [0, 0.1) is 5.92 Å². The van der Waals surface area contributed by atoms with E-state index in [1.165, 1.54) is 12.1 Å². The summed E-state index contributed by atoms with van der Waals surface area (Å²) in [5.41, 5.74) is 0.985. The van der Waals surface area contributed by atoms with Gasteiger partial charge in [0.2, 0.25) is 0 Å². The minimum Gasteiger partial charge on any atom is -0.406 e. The van der Waals surface area contributed by atoms with Crippen LogP contribution in [0.25, 0.3) is 0 Å². The van der Waals surface area contributed by atoms with Crippen molar-refractivity contribution >= 4 is 0 Å². The predicted octanol–water partition coefficient (Wildman–Crippen LogP) is 4.07. The zero-order valence-corrected chi connectivity index (χ0v) is 11.2. The zero-order chi connectivity index (χ0) is 14.6. The molecular weight excluding hydrogens is 269 g/mol. The molecule has 0 radical (unpaired) electrons. The summed E-state index contributed by atoms with van der Waals surface area (Å²) in [5, 5.41) is 9.76. The Morgan fingerprint density at radius 3 is 2.40 bits per heavy atom. The smallest absolute Gasteiger partial charge is 0.406 e. The van der Waals surface area contributed by atoms with E-state index < -0.39 is 6.36 Å². The summed E-state index contributed by atoms with van der Waals surface area (Å²) in [5.74, 6) is 0.212. The van der Waals surface area contributed by atoms with Gasteiger partial charge in [-0.2, -0.15) is 0 Å². The fourth-order valence-corrected chi connectivity index (χ4v) is 2.78. The van der Waals surface area contributed by atoms with Crippen molar-refractivity contribution in [3.05, 3.63) is 29.8 Å². The van der Waals surface area contributed by atoms with Gasteiger partial charge in [-0.1, -0.05) is 31.4 Å². The average molecular weight is 288 g/mol. The summed E-state index contributed by atoms with van der Waals surface area (Å²) in [6.07, 6.45) is 0.770. The number of aliphatic hydroxyl groups is 1. The summed E-state index contributed by atoms with van der Waals surface area (Å²) >= 11 is 0. The number of hydrogen-bond acceptors (Lipinski definition) is 2. The lowest BCUT2D eigenvalue weighted by Crippen LogP contribution is -2.17. The van der Waals surface area contributed by atoms with E-state index in [0.717, 1.165) is 44.1 Å². The van der Waals surface area contributed by atoms with Crippen LogP contribution in [0.3, 0.4) is 0 Å². The summed E-state index contributed by atoms with van der Waals surface area (Å²) < 4.78 is 40.0. The van der Waals surface area contributed by atoms with Crippen LogP contribution in [0.2, 0.25) is 0 Å². The summed E-state index contributed by atoms with van der Waals surface area (Å²) in [6.45, 7) is 0. The summed E-state index contributed by atoms with van der Waals surface area (Å²) in [6, 6.07) is 6.02. The molecule has 0 aliphatic heterocycles. The van der Waals surface area contributed by atoms with E-state index in [2.05, 4.69) is 4.74 Å². The standard InChI is InChI=1S/C15H19F3O2/c16-15(17,18)20-14-7-5-11(6-8-14)9-12-3-1-2-4-13(19)10-12/h5-8,12-13,19H,1-4,9-10H2. The van der Waals surface area contributed by atoms with E-state index in [9.17, 15) is 18.3 Å². The van der Waals surface area contributed by atoms with Crippen molar-refractivity contribution in [1.29, 1.82) is 0 Å². The molecule has 1 aromatic carbocycles. The highest BCUT2D eigenvalue weighted by Crippen LogP contribution is 2.28. The van der Waals surface area contributed by atoms with E-state index >= 15 is 0 Å². The third-order valence-corrected chi connectivity index (χ3v) is 3.69. The van der Waals surface area contributed by atoms with Gasteiger partial charge in [0.05, 0.1) is 6.10 Å².